The molecule has 0 heterocycles. The molecule has 432 valence electrons. The van der Waals surface area contributed by atoms with Crippen LogP contribution in [0.2, 0.25) is 0 Å². The van der Waals surface area contributed by atoms with Crippen molar-refractivity contribution in [3.63, 3.8) is 0 Å². The lowest BCUT2D eigenvalue weighted by Gasteiger charge is -2.15. The molecule has 0 saturated heterocycles. The van der Waals surface area contributed by atoms with Crippen LogP contribution in [0, 0.1) is 0 Å². The molecule has 0 aromatic heterocycles. The molecule has 0 aliphatic rings. The summed E-state index contributed by atoms with van der Waals surface area (Å²) >= 11 is 0. The molecule has 1 unspecified atom stereocenters. The fraction of sp³-hybridized carbons (Fsp3) is 0.662. The second-order valence-corrected chi connectivity index (χ2v) is 20.7. The predicted octanol–water partition coefficient (Wildman–Crippen LogP) is 22.0. The van der Waals surface area contributed by atoms with Gasteiger partial charge in [-0.25, -0.2) is 0 Å². The van der Waals surface area contributed by atoms with Gasteiger partial charge < -0.3 is 14.6 Å². The van der Waals surface area contributed by atoms with Crippen LogP contribution in [0.1, 0.15) is 284 Å². The number of hydrogen-bond donors (Lipinski definition) is 1. The number of esters is 2. The first-order valence-electron chi connectivity index (χ1n) is 31.7. The SMILES string of the molecule is CC/C=C\C/C=C\C/C=C\C/C=C\C/C=C\C/C=C\CCCCCCCCCCCCCCCCCCCCCCCCC(=O)OC(CO)COC(=O)CCCCCCC/C=C\C/C=C\C/C=C\C/C=C\C/C=C\CC. The third kappa shape index (κ3) is 62.6. The van der Waals surface area contributed by atoms with Gasteiger partial charge in [0.25, 0.3) is 0 Å². The van der Waals surface area contributed by atoms with E-state index in [1.54, 1.807) is 0 Å². The summed E-state index contributed by atoms with van der Waals surface area (Å²) < 4.78 is 10.7. The van der Waals surface area contributed by atoms with Crippen molar-refractivity contribution in [3.8, 4) is 0 Å². The molecule has 0 rings (SSSR count). The van der Waals surface area contributed by atoms with Crippen molar-refractivity contribution >= 4 is 11.9 Å². The molecular weight excluding hydrogens is 933 g/mol. The number of carbonyl (C=O) groups is 2. The summed E-state index contributed by atoms with van der Waals surface area (Å²) in [6.07, 6.45) is 97.4. The van der Waals surface area contributed by atoms with Crippen LogP contribution in [-0.4, -0.2) is 36.4 Å². The minimum atomic E-state index is -0.787. The summed E-state index contributed by atoms with van der Waals surface area (Å²) in [6, 6.07) is 0. The monoisotopic (exact) mass is 1050 g/mol. The lowest BCUT2D eigenvalue weighted by atomic mass is 10.0. The summed E-state index contributed by atoms with van der Waals surface area (Å²) in [5.41, 5.74) is 0. The Morgan fingerprint density at radius 1 is 0.303 bits per heavy atom. The molecule has 5 heteroatoms. The molecule has 0 aliphatic carbocycles. The fourth-order valence-electron chi connectivity index (χ4n) is 8.76. The van der Waals surface area contributed by atoms with Gasteiger partial charge in [-0.05, 0) is 109 Å². The van der Waals surface area contributed by atoms with E-state index in [2.05, 4.69) is 148 Å². The molecule has 0 radical (unpaired) electrons. The van der Waals surface area contributed by atoms with E-state index in [1.807, 2.05) is 0 Å². The van der Waals surface area contributed by atoms with E-state index in [0.29, 0.717) is 12.8 Å². The molecule has 0 bridgehead atoms. The fourth-order valence-corrected chi connectivity index (χ4v) is 8.76. The van der Waals surface area contributed by atoms with Gasteiger partial charge in [0.1, 0.15) is 6.61 Å². The Bertz CT molecular complexity index is 1570. The summed E-state index contributed by atoms with van der Waals surface area (Å²) in [5.74, 6) is -0.610. The first-order chi connectivity index (χ1) is 37.6. The van der Waals surface area contributed by atoms with Crippen molar-refractivity contribution in [3.05, 3.63) is 134 Å². The predicted molar refractivity (Wildman–Crippen MR) is 334 cm³/mol. The Balaban J connectivity index is 3.47. The second-order valence-electron chi connectivity index (χ2n) is 20.7. The minimum absolute atomic E-state index is 0.0800. The van der Waals surface area contributed by atoms with E-state index >= 15 is 0 Å². The lowest BCUT2D eigenvalue weighted by Crippen LogP contribution is -2.28. The van der Waals surface area contributed by atoms with Gasteiger partial charge >= 0.3 is 11.9 Å². The molecule has 1 N–H and O–H groups in total. The summed E-state index contributed by atoms with van der Waals surface area (Å²) in [5, 5.41) is 9.67. The highest BCUT2D eigenvalue weighted by atomic mass is 16.6. The average Bonchev–Trinajstić information content (AvgIpc) is 3.42. The van der Waals surface area contributed by atoms with Gasteiger partial charge in [0, 0.05) is 12.8 Å². The zero-order valence-corrected chi connectivity index (χ0v) is 49.5. The van der Waals surface area contributed by atoms with E-state index in [-0.39, 0.29) is 25.2 Å². The average molecular weight is 1050 g/mol. The summed E-state index contributed by atoms with van der Waals surface area (Å²) in [6.45, 7) is 3.91. The van der Waals surface area contributed by atoms with Crippen LogP contribution in [0.25, 0.3) is 0 Å². The van der Waals surface area contributed by atoms with E-state index in [0.717, 1.165) is 128 Å². The standard InChI is InChI=1S/C71H118O5/c1-3-5-7-9-11-13-15-17-19-21-23-25-26-27-28-29-30-31-32-33-34-35-36-37-38-39-40-41-42-43-44-46-48-50-52-54-56-58-60-62-64-66-71(74)76-69(67-72)68-75-70(73)65-63-61-59-57-55-53-51-49-47-45-24-22-20-18-16-14-12-10-8-6-4-2/h5-8,11-14,17-20,23-25,27-28,30-31,45,49,51,69,72H,3-4,9-10,15-16,21-22,26,29,32-44,46-48,50,52-68H2,1-2H3/b7-5-,8-6-,13-11-,14-12-,19-17-,20-18-,25-23-,28-27-,31-30-,45-24-,51-49-. The maximum Gasteiger partial charge on any atom is 0.306 e. The van der Waals surface area contributed by atoms with Crippen LogP contribution in [0.3, 0.4) is 0 Å². The molecule has 0 aliphatic heterocycles. The minimum Gasteiger partial charge on any atom is -0.462 e. The topological polar surface area (TPSA) is 72.8 Å². The maximum absolute atomic E-state index is 12.3. The number of hydrogen-bond acceptors (Lipinski definition) is 5. The number of carbonyl (C=O) groups excluding carboxylic acids is 2. The van der Waals surface area contributed by atoms with Crippen molar-refractivity contribution in [2.75, 3.05) is 13.2 Å². The van der Waals surface area contributed by atoms with Gasteiger partial charge in [0.15, 0.2) is 6.10 Å². The van der Waals surface area contributed by atoms with Gasteiger partial charge in [-0.1, -0.05) is 295 Å². The van der Waals surface area contributed by atoms with Crippen molar-refractivity contribution in [2.45, 2.75) is 290 Å². The molecule has 0 amide bonds. The van der Waals surface area contributed by atoms with Gasteiger partial charge in [0.2, 0.25) is 0 Å². The largest absolute Gasteiger partial charge is 0.462 e. The number of rotatable bonds is 57. The maximum atomic E-state index is 12.3. The third-order valence-corrected chi connectivity index (χ3v) is 13.4. The zero-order chi connectivity index (χ0) is 54.8. The Hall–Kier alpha value is -3.96. The van der Waals surface area contributed by atoms with E-state index in [1.165, 1.54) is 128 Å². The second kappa shape index (κ2) is 65.3. The molecule has 0 saturated carbocycles. The van der Waals surface area contributed by atoms with Gasteiger partial charge in [0.05, 0.1) is 6.61 Å². The summed E-state index contributed by atoms with van der Waals surface area (Å²) in [4.78, 5) is 24.6. The highest BCUT2D eigenvalue weighted by molar-refractivity contribution is 5.70. The highest BCUT2D eigenvalue weighted by Gasteiger charge is 2.16. The van der Waals surface area contributed by atoms with E-state index in [4.69, 9.17) is 9.47 Å². The smallest absolute Gasteiger partial charge is 0.306 e. The van der Waals surface area contributed by atoms with Gasteiger partial charge in [-0.2, -0.15) is 0 Å². The van der Waals surface area contributed by atoms with Crippen LogP contribution in [0.15, 0.2) is 134 Å². The van der Waals surface area contributed by atoms with Crippen molar-refractivity contribution in [1.82, 2.24) is 0 Å². The highest BCUT2D eigenvalue weighted by Crippen LogP contribution is 2.17. The number of allylic oxidation sites excluding steroid dienone is 22. The summed E-state index contributed by atoms with van der Waals surface area (Å²) in [7, 11) is 0. The molecule has 0 fully saturated rings. The first-order valence-corrected chi connectivity index (χ1v) is 31.7. The zero-order valence-electron chi connectivity index (χ0n) is 49.5. The van der Waals surface area contributed by atoms with Crippen molar-refractivity contribution in [1.29, 1.82) is 0 Å². The van der Waals surface area contributed by atoms with Crippen LogP contribution in [0.5, 0.6) is 0 Å². The normalized spacial score (nSPS) is 13.1. The van der Waals surface area contributed by atoms with Crippen molar-refractivity contribution in [2.24, 2.45) is 0 Å². The number of ether oxygens (including phenoxy) is 2. The lowest BCUT2D eigenvalue weighted by molar-refractivity contribution is -0.161. The first kappa shape index (κ1) is 72.0. The Kier molecular flexibility index (Phi) is 61.9. The molecule has 5 nitrogen and oxygen atoms in total. The molecular formula is C71H118O5. The molecule has 76 heavy (non-hydrogen) atoms. The third-order valence-electron chi connectivity index (χ3n) is 13.4. The van der Waals surface area contributed by atoms with Gasteiger partial charge in [-0.3, -0.25) is 9.59 Å². The Morgan fingerprint density at radius 3 is 0.789 bits per heavy atom. The van der Waals surface area contributed by atoms with E-state index < -0.39 is 6.10 Å². The molecule has 0 aromatic rings. The van der Waals surface area contributed by atoms with Crippen molar-refractivity contribution < 1.29 is 24.2 Å². The van der Waals surface area contributed by atoms with Crippen LogP contribution >= 0.6 is 0 Å². The number of aliphatic hydroxyl groups excluding tert-OH is 1. The Labute approximate surface area is 470 Å². The van der Waals surface area contributed by atoms with Crippen LogP contribution in [0.4, 0.5) is 0 Å². The van der Waals surface area contributed by atoms with Gasteiger partial charge in [-0.15, -0.1) is 0 Å². The number of aliphatic hydroxyl groups is 1. The molecule has 1 atom stereocenters. The Morgan fingerprint density at radius 2 is 0.526 bits per heavy atom. The van der Waals surface area contributed by atoms with Crippen LogP contribution in [-0.2, 0) is 19.1 Å². The number of unbranched alkanes of at least 4 members (excludes halogenated alkanes) is 27. The van der Waals surface area contributed by atoms with Crippen LogP contribution < -0.4 is 0 Å². The van der Waals surface area contributed by atoms with E-state index in [9.17, 15) is 14.7 Å². The molecule has 0 aromatic carbocycles. The quantitative estimate of drug-likeness (QED) is 0.0373. The molecule has 0 spiro atoms.